The van der Waals surface area contributed by atoms with Crippen LogP contribution in [-0.4, -0.2) is 51.5 Å². The molecule has 0 bridgehead atoms. The Hall–Kier alpha value is -1.95. The van der Waals surface area contributed by atoms with Gasteiger partial charge in [-0.1, -0.05) is 13.8 Å². The van der Waals surface area contributed by atoms with Gasteiger partial charge < -0.3 is 24.8 Å². The first kappa shape index (κ1) is 18.8. The van der Waals surface area contributed by atoms with Crippen LogP contribution >= 0.6 is 0 Å². The summed E-state index contributed by atoms with van der Waals surface area (Å²) in [5.41, 5.74) is 0.129. The van der Waals surface area contributed by atoms with E-state index < -0.39 is 0 Å². The molecule has 0 aromatic heterocycles. The summed E-state index contributed by atoms with van der Waals surface area (Å²) in [6, 6.07) is 8.02. The highest BCUT2D eigenvalue weighted by Gasteiger charge is 2.59. The fourth-order valence-corrected chi connectivity index (χ4v) is 4.13. The number of guanidine groups is 1. The minimum absolute atomic E-state index is 0.0129. The van der Waals surface area contributed by atoms with E-state index in [0.29, 0.717) is 24.6 Å². The molecule has 6 nitrogen and oxygen atoms in total. The number of nitrogens with one attached hydrogen (secondary N) is 2. The number of rotatable bonds is 6. The minimum Gasteiger partial charge on any atom is -0.497 e. The van der Waals surface area contributed by atoms with E-state index in [-0.39, 0.29) is 11.5 Å². The minimum atomic E-state index is 0.0129. The summed E-state index contributed by atoms with van der Waals surface area (Å²) in [6.45, 7) is 8.11. The molecule has 6 heteroatoms. The second kappa shape index (κ2) is 7.74. The standard InChI is InChI=1S/C20H31N3O3/c1-13(26-15-8-6-14(24-5)7-9-15)12-22-19(21-4)23-17-16-10-11-25-18(16)20(17,2)3/h6-9,13,16-18H,10-12H2,1-5H3,(H2,21,22,23). The van der Waals surface area contributed by atoms with Gasteiger partial charge in [0.05, 0.1) is 19.8 Å². The molecule has 0 radical (unpaired) electrons. The smallest absolute Gasteiger partial charge is 0.191 e. The summed E-state index contributed by atoms with van der Waals surface area (Å²) < 4.78 is 17.0. The molecule has 1 saturated carbocycles. The monoisotopic (exact) mass is 361 g/mol. The van der Waals surface area contributed by atoms with Crippen molar-refractivity contribution in [3.8, 4) is 11.5 Å². The molecule has 0 spiro atoms. The van der Waals surface area contributed by atoms with Gasteiger partial charge >= 0.3 is 0 Å². The molecular weight excluding hydrogens is 330 g/mol. The lowest BCUT2D eigenvalue weighted by molar-refractivity contribution is -0.106. The van der Waals surface area contributed by atoms with Gasteiger partial charge in [0.25, 0.3) is 0 Å². The number of aliphatic imine (C=N–C) groups is 1. The molecule has 1 aromatic rings. The number of nitrogens with zero attached hydrogens (tertiary/aromatic N) is 1. The molecule has 2 fully saturated rings. The van der Waals surface area contributed by atoms with Crippen molar-refractivity contribution >= 4 is 5.96 Å². The van der Waals surface area contributed by atoms with Crippen LogP contribution in [0.15, 0.2) is 29.3 Å². The average molecular weight is 361 g/mol. The summed E-state index contributed by atoms with van der Waals surface area (Å²) in [5.74, 6) is 3.05. The molecule has 0 amide bonds. The first-order valence-electron chi connectivity index (χ1n) is 9.35. The highest BCUT2D eigenvalue weighted by atomic mass is 16.5. The zero-order valence-corrected chi connectivity index (χ0v) is 16.4. The number of hydrogen-bond acceptors (Lipinski definition) is 4. The number of ether oxygens (including phenoxy) is 3. The maximum atomic E-state index is 5.94. The number of methoxy groups -OCH3 is 1. The van der Waals surface area contributed by atoms with Crippen LogP contribution in [0.3, 0.4) is 0 Å². The Morgan fingerprint density at radius 3 is 2.65 bits per heavy atom. The van der Waals surface area contributed by atoms with Crippen LogP contribution in [-0.2, 0) is 4.74 Å². The maximum Gasteiger partial charge on any atom is 0.191 e. The van der Waals surface area contributed by atoms with Gasteiger partial charge in [0.1, 0.15) is 17.6 Å². The van der Waals surface area contributed by atoms with Crippen molar-refractivity contribution in [2.24, 2.45) is 16.3 Å². The van der Waals surface area contributed by atoms with Crippen LogP contribution in [0.5, 0.6) is 11.5 Å². The molecule has 2 aliphatic rings. The quantitative estimate of drug-likeness (QED) is 0.602. The lowest BCUT2D eigenvalue weighted by Crippen LogP contribution is -2.68. The Balaban J connectivity index is 1.48. The van der Waals surface area contributed by atoms with Crippen LogP contribution in [0.25, 0.3) is 0 Å². The second-order valence-corrected chi connectivity index (χ2v) is 7.74. The molecule has 26 heavy (non-hydrogen) atoms. The van der Waals surface area contributed by atoms with Crippen molar-refractivity contribution in [2.45, 2.75) is 45.4 Å². The zero-order chi connectivity index (χ0) is 18.7. The largest absolute Gasteiger partial charge is 0.497 e. The van der Waals surface area contributed by atoms with Crippen molar-refractivity contribution in [3.05, 3.63) is 24.3 Å². The van der Waals surface area contributed by atoms with Crippen molar-refractivity contribution in [3.63, 3.8) is 0 Å². The molecule has 1 heterocycles. The van der Waals surface area contributed by atoms with E-state index in [0.717, 1.165) is 30.5 Å². The second-order valence-electron chi connectivity index (χ2n) is 7.74. The Labute approximate surface area is 156 Å². The van der Waals surface area contributed by atoms with Crippen molar-refractivity contribution < 1.29 is 14.2 Å². The third kappa shape index (κ3) is 3.75. The predicted molar refractivity (Wildman–Crippen MR) is 103 cm³/mol. The molecule has 1 aromatic carbocycles. The van der Waals surface area contributed by atoms with Crippen LogP contribution in [0.2, 0.25) is 0 Å². The van der Waals surface area contributed by atoms with E-state index >= 15 is 0 Å². The van der Waals surface area contributed by atoms with Gasteiger partial charge in [-0.3, -0.25) is 4.99 Å². The lowest BCUT2D eigenvalue weighted by atomic mass is 9.57. The SMILES string of the molecule is CN=C(NCC(C)Oc1ccc(OC)cc1)NC1C2CCOC2C1(C)C. The first-order valence-corrected chi connectivity index (χ1v) is 9.35. The Morgan fingerprint density at radius 2 is 2.00 bits per heavy atom. The fourth-order valence-electron chi connectivity index (χ4n) is 4.13. The van der Waals surface area contributed by atoms with Gasteiger partial charge in [0.2, 0.25) is 0 Å². The molecule has 1 aliphatic carbocycles. The zero-order valence-electron chi connectivity index (χ0n) is 16.4. The third-order valence-corrected chi connectivity index (χ3v) is 5.57. The molecule has 1 aliphatic heterocycles. The Morgan fingerprint density at radius 1 is 1.31 bits per heavy atom. The molecule has 4 unspecified atom stereocenters. The van der Waals surface area contributed by atoms with Crippen molar-refractivity contribution in [1.29, 1.82) is 0 Å². The first-order chi connectivity index (χ1) is 12.5. The van der Waals surface area contributed by atoms with Gasteiger partial charge in [-0.25, -0.2) is 0 Å². The number of hydrogen-bond donors (Lipinski definition) is 2. The summed E-state index contributed by atoms with van der Waals surface area (Å²) >= 11 is 0. The van der Waals surface area contributed by atoms with E-state index in [1.54, 1.807) is 14.2 Å². The topological polar surface area (TPSA) is 64.1 Å². The summed E-state index contributed by atoms with van der Waals surface area (Å²) in [7, 11) is 3.46. The summed E-state index contributed by atoms with van der Waals surface area (Å²) in [4.78, 5) is 4.37. The molecule has 1 saturated heterocycles. The van der Waals surface area contributed by atoms with Gasteiger partial charge in [-0.05, 0) is 37.6 Å². The molecular formula is C20H31N3O3. The van der Waals surface area contributed by atoms with E-state index in [1.165, 1.54) is 0 Å². The van der Waals surface area contributed by atoms with Gasteiger partial charge in [-0.15, -0.1) is 0 Å². The van der Waals surface area contributed by atoms with Crippen molar-refractivity contribution in [1.82, 2.24) is 10.6 Å². The van der Waals surface area contributed by atoms with Crippen LogP contribution in [0.4, 0.5) is 0 Å². The number of fused-ring (bicyclic) bond motifs is 1. The van der Waals surface area contributed by atoms with E-state index in [9.17, 15) is 0 Å². The molecule has 144 valence electrons. The Kier molecular flexibility index (Phi) is 5.61. The van der Waals surface area contributed by atoms with E-state index in [4.69, 9.17) is 14.2 Å². The van der Waals surface area contributed by atoms with Gasteiger partial charge in [-0.2, -0.15) is 0 Å². The normalized spacial score (nSPS) is 27.9. The molecule has 2 N–H and O–H groups in total. The highest BCUT2D eigenvalue weighted by molar-refractivity contribution is 5.80. The highest BCUT2D eigenvalue weighted by Crippen LogP contribution is 2.52. The van der Waals surface area contributed by atoms with Crippen LogP contribution in [0, 0.1) is 11.3 Å². The number of benzene rings is 1. The summed E-state index contributed by atoms with van der Waals surface area (Å²) in [5, 5.41) is 6.96. The van der Waals surface area contributed by atoms with Crippen LogP contribution < -0.4 is 20.1 Å². The fraction of sp³-hybridized carbons (Fsp3) is 0.650. The lowest BCUT2D eigenvalue weighted by Gasteiger charge is -2.54. The van der Waals surface area contributed by atoms with Gasteiger partial charge in [0, 0.05) is 31.0 Å². The molecule has 3 rings (SSSR count). The van der Waals surface area contributed by atoms with Gasteiger partial charge in [0.15, 0.2) is 5.96 Å². The Bertz CT molecular complexity index is 630. The van der Waals surface area contributed by atoms with E-state index in [1.807, 2.05) is 31.2 Å². The molecule has 4 atom stereocenters. The van der Waals surface area contributed by atoms with Crippen molar-refractivity contribution in [2.75, 3.05) is 27.3 Å². The predicted octanol–water partition coefficient (Wildman–Crippen LogP) is 2.44. The van der Waals surface area contributed by atoms with E-state index in [2.05, 4.69) is 29.5 Å². The van der Waals surface area contributed by atoms with Crippen LogP contribution in [0.1, 0.15) is 27.2 Å². The third-order valence-electron chi connectivity index (χ3n) is 5.57. The average Bonchev–Trinajstić information content (AvgIpc) is 3.09. The summed E-state index contributed by atoms with van der Waals surface area (Å²) in [6.07, 6.45) is 1.51. The maximum absolute atomic E-state index is 5.94.